The Labute approximate surface area is 88.5 Å². The maximum Gasteiger partial charge on any atom is 0.338 e. The minimum absolute atomic E-state index is 0.0683. The fourth-order valence-electron chi connectivity index (χ4n) is 1.70. The topological polar surface area (TPSA) is 97.1 Å². The average Bonchev–Trinajstić information content (AvgIpc) is 2.53. The highest BCUT2D eigenvalue weighted by Crippen LogP contribution is 2.12. The molecule has 0 spiro atoms. The van der Waals surface area contributed by atoms with E-state index in [1.807, 2.05) is 0 Å². The second-order valence-electron chi connectivity index (χ2n) is 3.49. The minimum atomic E-state index is -1.23. The van der Waals surface area contributed by atoms with Crippen LogP contribution in [0.15, 0.2) is 15.8 Å². The molecular weight excluding hydrogens is 214 g/mol. The molecule has 0 saturated carbocycles. The maximum absolute atomic E-state index is 11.7. The van der Waals surface area contributed by atoms with Crippen molar-refractivity contribution < 1.29 is 9.90 Å². The van der Waals surface area contributed by atoms with Crippen molar-refractivity contribution in [1.82, 2.24) is 14.3 Å². The highest BCUT2D eigenvalue weighted by molar-refractivity contribution is 6.02. The summed E-state index contributed by atoms with van der Waals surface area (Å²) in [7, 11) is 2.88. The highest BCUT2D eigenvalue weighted by Gasteiger charge is 2.19. The summed E-state index contributed by atoms with van der Waals surface area (Å²) in [5, 5.41) is 11.2. The second kappa shape index (κ2) is 3.09. The van der Waals surface area contributed by atoms with Gasteiger partial charge in [0.05, 0.1) is 10.9 Å². The van der Waals surface area contributed by atoms with Crippen molar-refractivity contribution in [1.29, 1.82) is 0 Å². The molecule has 2 aromatic rings. The number of fused-ring (bicyclic) bond motifs is 1. The molecule has 0 aromatic carbocycles. The molecule has 16 heavy (non-hydrogen) atoms. The van der Waals surface area contributed by atoms with E-state index in [0.717, 1.165) is 4.68 Å². The van der Waals surface area contributed by atoms with Crippen LogP contribution in [-0.2, 0) is 14.1 Å². The standard InChI is InChI=1S/C9H9N3O4/c1-11-3-4(9(15)16)5-6(11)7(13)10-12(2)8(5)14/h3H,1-2H3,(H,10,13)(H,15,16). The lowest BCUT2D eigenvalue weighted by molar-refractivity contribution is 0.0698. The number of nitrogens with one attached hydrogen (secondary N) is 1. The molecule has 0 saturated heterocycles. The van der Waals surface area contributed by atoms with E-state index in [4.69, 9.17) is 5.11 Å². The molecule has 7 nitrogen and oxygen atoms in total. The molecule has 2 N–H and O–H groups in total. The first-order valence-electron chi connectivity index (χ1n) is 4.45. The lowest BCUT2D eigenvalue weighted by Crippen LogP contribution is -2.28. The van der Waals surface area contributed by atoms with Crippen LogP contribution in [0.4, 0.5) is 0 Å². The van der Waals surface area contributed by atoms with E-state index in [2.05, 4.69) is 5.10 Å². The lowest BCUT2D eigenvalue weighted by Gasteiger charge is -1.98. The molecule has 0 unspecified atom stereocenters. The van der Waals surface area contributed by atoms with Crippen LogP contribution in [0.25, 0.3) is 10.9 Å². The Kier molecular flexibility index (Phi) is 1.97. The van der Waals surface area contributed by atoms with Crippen molar-refractivity contribution in [3.8, 4) is 0 Å². The van der Waals surface area contributed by atoms with Crippen LogP contribution in [-0.4, -0.2) is 25.4 Å². The predicted octanol–water partition coefficient (Wildman–Crippen LogP) is -0.737. The van der Waals surface area contributed by atoms with Gasteiger partial charge in [-0.2, -0.15) is 0 Å². The molecule has 0 atom stereocenters. The maximum atomic E-state index is 11.7. The third-order valence-corrected chi connectivity index (χ3v) is 2.41. The Morgan fingerprint density at radius 2 is 2.00 bits per heavy atom. The first kappa shape index (κ1) is 10.2. The third-order valence-electron chi connectivity index (χ3n) is 2.41. The van der Waals surface area contributed by atoms with Crippen LogP contribution < -0.4 is 11.1 Å². The van der Waals surface area contributed by atoms with Crippen molar-refractivity contribution in [3.05, 3.63) is 32.5 Å². The quantitative estimate of drug-likeness (QED) is 0.665. The zero-order chi connectivity index (χ0) is 12.0. The molecule has 0 aliphatic heterocycles. The number of aromatic amines is 1. The summed E-state index contributed by atoms with van der Waals surface area (Å²) >= 11 is 0. The lowest BCUT2D eigenvalue weighted by atomic mass is 10.2. The summed E-state index contributed by atoms with van der Waals surface area (Å²) in [6.45, 7) is 0. The SMILES string of the molecule is Cn1[nH]c(=O)c2c(c(C(=O)O)cn2C)c1=O. The van der Waals surface area contributed by atoms with Crippen LogP contribution in [0, 0.1) is 0 Å². The number of aromatic nitrogens is 3. The fraction of sp³-hybridized carbons (Fsp3) is 0.222. The molecule has 0 aliphatic carbocycles. The number of rotatable bonds is 1. The summed E-state index contributed by atoms with van der Waals surface area (Å²) in [6.07, 6.45) is 1.25. The molecule has 84 valence electrons. The molecule has 7 heteroatoms. The number of hydrogen-bond acceptors (Lipinski definition) is 3. The number of carboxylic acid groups (broad SMARTS) is 1. The van der Waals surface area contributed by atoms with Crippen molar-refractivity contribution >= 4 is 16.9 Å². The normalized spacial score (nSPS) is 10.9. The molecule has 0 bridgehead atoms. The Hall–Kier alpha value is -2.31. The number of nitrogens with zero attached hydrogens (tertiary/aromatic N) is 2. The molecule has 2 aromatic heterocycles. The van der Waals surface area contributed by atoms with E-state index >= 15 is 0 Å². The Morgan fingerprint density at radius 3 is 2.56 bits per heavy atom. The van der Waals surface area contributed by atoms with Crippen LogP contribution in [0.3, 0.4) is 0 Å². The summed E-state index contributed by atoms with van der Waals surface area (Å²) < 4.78 is 2.30. The van der Waals surface area contributed by atoms with Gasteiger partial charge in [0.1, 0.15) is 5.52 Å². The monoisotopic (exact) mass is 223 g/mol. The summed E-state index contributed by atoms with van der Waals surface area (Å²) in [6, 6.07) is 0. The van der Waals surface area contributed by atoms with Gasteiger partial charge in [0.2, 0.25) is 0 Å². The molecule has 0 amide bonds. The number of aryl methyl sites for hydroxylation is 2. The van der Waals surface area contributed by atoms with Gasteiger partial charge in [-0.15, -0.1) is 0 Å². The van der Waals surface area contributed by atoms with Gasteiger partial charge in [-0.05, 0) is 0 Å². The van der Waals surface area contributed by atoms with Gasteiger partial charge in [-0.3, -0.25) is 19.4 Å². The van der Waals surface area contributed by atoms with Gasteiger partial charge < -0.3 is 9.67 Å². The Balaban J connectivity index is 3.16. The average molecular weight is 223 g/mol. The Bertz CT molecular complexity index is 704. The van der Waals surface area contributed by atoms with Gasteiger partial charge >= 0.3 is 5.97 Å². The molecule has 0 radical (unpaired) electrons. The number of carboxylic acids is 1. The van der Waals surface area contributed by atoms with E-state index < -0.39 is 17.1 Å². The summed E-state index contributed by atoms with van der Waals surface area (Å²) in [5.41, 5.74) is -1.12. The number of hydrogen-bond donors (Lipinski definition) is 2. The van der Waals surface area contributed by atoms with Gasteiger partial charge in [0, 0.05) is 20.3 Å². The Morgan fingerprint density at radius 1 is 1.38 bits per heavy atom. The second-order valence-corrected chi connectivity index (χ2v) is 3.49. The van der Waals surface area contributed by atoms with Gasteiger partial charge in [0.15, 0.2) is 0 Å². The van der Waals surface area contributed by atoms with E-state index in [9.17, 15) is 14.4 Å². The van der Waals surface area contributed by atoms with E-state index in [-0.39, 0.29) is 16.5 Å². The van der Waals surface area contributed by atoms with E-state index in [1.54, 1.807) is 0 Å². The van der Waals surface area contributed by atoms with Gasteiger partial charge in [0.25, 0.3) is 11.1 Å². The van der Waals surface area contributed by atoms with Crippen LogP contribution >= 0.6 is 0 Å². The van der Waals surface area contributed by atoms with Crippen LogP contribution in [0.1, 0.15) is 10.4 Å². The molecule has 0 fully saturated rings. The first-order valence-corrected chi connectivity index (χ1v) is 4.45. The zero-order valence-corrected chi connectivity index (χ0v) is 8.64. The fourth-order valence-corrected chi connectivity index (χ4v) is 1.70. The number of H-pyrrole nitrogens is 1. The first-order chi connectivity index (χ1) is 7.43. The van der Waals surface area contributed by atoms with Crippen molar-refractivity contribution in [2.75, 3.05) is 0 Å². The largest absolute Gasteiger partial charge is 0.478 e. The molecule has 2 rings (SSSR count). The number of aromatic carboxylic acids is 1. The van der Waals surface area contributed by atoms with Crippen molar-refractivity contribution in [2.45, 2.75) is 0 Å². The van der Waals surface area contributed by atoms with Crippen LogP contribution in [0.2, 0.25) is 0 Å². The predicted molar refractivity (Wildman–Crippen MR) is 55.7 cm³/mol. The highest BCUT2D eigenvalue weighted by atomic mass is 16.4. The smallest absolute Gasteiger partial charge is 0.338 e. The molecule has 2 heterocycles. The number of carbonyl (C=O) groups is 1. The summed E-state index contributed by atoms with van der Waals surface area (Å²) in [4.78, 5) is 34.2. The zero-order valence-electron chi connectivity index (χ0n) is 8.64. The summed E-state index contributed by atoms with van der Waals surface area (Å²) in [5.74, 6) is -1.23. The molecule has 0 aliphatic rings. The van der Waals surface area contributed by atoms with Gasteiger partial charge in [-0.25, -0.2) is 4.79 Å². The van der Waals surface area contributed by atoms with Crippen LogP contribution in [0.5, 0.6) is 0 Å². The van der Waals surface area contributed by atoms with E-state index in [0.29, 0.717) is 0 Å². The van der Waals surface area contributed by atoms with E-state index in [1.165, 1.54) is 24.9 Å². The minimum Gasteiger partial charge on any atom is -0.478 e. The van der Waals surface area contributed by atoms with Gasteiger partial charge in [-0.1, -0.05) is 0 Å². The van der Waals surface area contributed by atoms with Crippen molar-refractivity contribution in [2.24, 2.45) is 14.1 Å². The molecular formula is C9H9N3O4. The third kappa shape index (κ3) is 1.18. The van der Waals surface area contributed by atoms with Crippen molar-refractivity contribution in [3.63, 3.8) is 0 Å².